The Morgan fingerprint density at radius 2 is 1.87 bits per heavy atom. The summed E-state index contributed by atoms with van der Waals surface area (Å²) in [5.41, 5.74) is 0. The molecule has 0 saturated carbocycles. The van der Waals surface area contributed by atoms with Crippen molar-refractivity contribution < 1.29 is 19.4 Å². The van der Waals surface area contributed by atoms with Crippen LogP contribution in [-0.4, -0.2) is 19.1 Å². The minimum Gasteiger partial charge on any atom is -0.402 e. The van der Waals surface area contributed by atoms with Gasteiger partial charge in [0, 0.05) is 6.42 Å². The van der Waals surface area contributed by atoms with Crippen LogP contribution in [0.2, 0.25) is 0 Å². The van der Waals surface area contributed by atoms with Gasteiger partial charge in [-0.25, -0.2) is 0 Å². The summed E-state index contributed by atoms with van der Waals surface area (Å²) in [5, 5.41) is 10.2. The highest BCUT2D eigenvalue weighted by molar-refractivity contribution is 5.56. The highest BCUT2D eigenvalue weighted by Gasteiger charge is 2.13. The third-order valence-electron chi connectivity index (χ3n) is 2.05. The first-order chi connectivity index (χ1) is 7.20. The number of unbranched alkanes of at least 4 members (excludes halogenated alkanes) is 3. The lowest BCUT2D eigenvalue weighted by Gasteiger charge is -2.14. The molecule has 4 nitrogen and oxygen atoms in total. The molecule has 0 rings (SSSR count). The van der Waals surface area contributed by atoms with Crippen molar-refractivity contribution in [2.75, 3.05) is 6.61 Å². The number of hydrogen-bond donors (Lipinski definition) is 0. The fourth-order valence-electron chi connectivity index (χ4n) is 1.26. The normalized spacial score (nSPS) is 12.4. The molecule has 0 fully saturated rings. The van der Waals surface area contributed by atoms with Crippen molar-refractivity contribution in [1.29, 1.82) is 0 Å². The fourth-order valence-corrected chi connectivity index (χ4v) is 1.26. The molecule has 0 spiro atoms. The monoisotopic (exact) mass is 217 g/mol. The minimum atomic E-state index is -1.51. The Balaban J connectivity index is 3.52. The zero-order valence-corrected chi connectivity index (χ0v) is 9.66. The van der Waals surface area contributed by atoms with Crippen LogP contribution in [0, 0.1) is 0 Å². The molecule has 0 heterocycles. The molecule has 4 heteroatoms. The van der Waals surface area contributed by atoms with E-state index < -0.39 is 12.4 Å². The molecule has 15 heavy (non-hydrogen) atoms. The molecular weight excluding hydrogens is 196 g/mol. The van der Waals surface area contributed by atoms with Crippen molar-refractivity contribution in [2.45, 2.75) is 58.7 Å². The van der Waals surface area contributed by atoms with Crippen LogP contribution in [0.15, 0.2) is 0 Å². The Hall–Kier alpha value is -0.770. The summed E-state index contributed by atoms with van der Waals surface area (Å²) in [6, 6.07) is 0. The topological polar surface area (TPSA) is 55.4 Å². The van der Waals surface area contributed by atoms with Crippen LogP contribution in [0.1, 0.15) is 52.4 Å². The third-order valence-corrected chi connectivity index (χ3v) is 2.05. The molecule has 0 aromatic carbocycles. The number of carbonyl (C=O) groups is 1. The molecule has 0 N–H and O–H groups in total. The van der Waals surface area contributed by atoms with E-state index in [4.69, 9.17) is 4.74 Å². The van der Waals surface area contributed by atoms with Crippen LogP contribution in [0.25, 0.3) is 0 Å². The van der Waals surface area contributed by atoms with Gasteiger partial charge in [-0.1, -0.05) is 39.5 Å². The molecular formula is C11H21O4. The molecule has 0 aromatic heterocycles. The lowest BCUT2D eigenvalue weighted by atomic mass is 10.2. The molecule has 0 aliphatic carbocycles. The van der Waals surface area contributed by atoms with E-state index in [1.807, 2.05) is 6.92 Å². The number of ether oxygens (including phenoxy) is 2. The van der Waals surface area contributed by atoms with Gasteiger partial charge in [0.2, 0.25) is 6.29 Å². The van der Waals surface area contributed by atoms with Gasteiger partial charge in [-0.15, -0.1) is 0 Å². The van der Waals surface area contributed by atoms with E-state index in [9.17, 15) is 9.90 Å². The lowest BCUT2D eigenvalue weighted by Crippen LogP contribution is -2.20. The van der Waals surface area contributed by atoms with E-state index in [-0.39, 0.29) is 0 Å². The number of carbonyl (C=O) groups excluding carboxylic acids is 1. The van der Waals surface area contributed by atoms with Crippen LogP contribution in [0.3, 0.4) is 0 Å². The Morgan fingerprint density at radius 3 is 2.40 bits per heavy atom. The van der Waals surface area contributed by atoms with Crippen molar-refractivity contribution in [3.63, 3.8) is 0 Å². The van der Waals surface area contributed by atoms with Crippen molar-refractivity contribution in [3.8, 4) is 0 Å². The first-order valence-electron chi connectivity index (χ1n) is 5.69. The van der Waals surface area contributed by atoms with E-state index in [1.54, 1.807) is 0 Å². The standard InChI is InChI=1S/C11H21O4/c1-3-5-6-7-9-14-10(8-4-2)15-11(12)13/h10H,3-9H2,1-2H3. The number of hydrogen-bond acceptors (Lipinski definition) is 3. The van der Waals surface area contributed by atoms with Crippen LogP contribution in [0.4, 0.5) is 4.79 Å². The Morgan fingerprint density at radius 1 is 1.13 bits per heavy atom. The predicted molar refractivity (Wildman–Crippen MR) is 56.0 cm³/mol. The second kappa shape index (κ2) is 9.77. The number of rotatable bonds is 9. The molecule has 1 unspecified atom stereocenters. The predicted octanol–water partition coefficient (Wildman–Crippen LogP) is 3.28. The van der Waals surface area contributed by atoms with Crippen molar-refractivity contribution in [3.05, 3.63) is 0 Å². The molecule has 89 valence electrons. The SMILES string of the molecule is CCCCCCOC(CCC)OC([O])=O. The van der Waals surface area contributed by atoms with Gasteiger partial charge in [-0.3, -0.25) is 0 Å². The van der Waals surface area contributed by atoms with Gasteiger partial charge in [0.15, 0.2) is 0 Å². The maximum Gasteiger partial charge on any atom is 0.552 e. The maximum absolute atomic E-state index is 10.2. The van der Waals surface area contributed by atoms with Gasteiger partial charge >= 0.3 is 6.16 Å². The van der Waals surface area contributed by atoms with E-state index >= 15 is 0 Å². The quantitative estimate of drug-likeness (QED) is 0.338. The Labute approximate surface area is 91.6 Å². The zero-order chi connectivity index (χ0) is 11.5. The van der Waals surface area contributed by atoms with Crippen LogP contribution >= 0.6 is 0 Å². The third kappa shape index (κ3) is 9.53. The maximum atomic E-state index is 10.2. The minimum absolute atomic E-state index is 0.554. The second-order valence-electron chi connectivity index (χ2n) is 3.52. The molecule has 1 radical (unpaired) electrons. The summed E-state index contributed by atoms with van der Waals surface area (Å²) < 4.78 is 9.78. The largest absolute Gasteiger partial charge is 0.552 e. The fraction of sp³-hybridized carbons (Fsp3) is 0.909. The summed E-state index contributed by atoms with van der Waals surface area (Å²) in [7, 11) is 0. The van der Waals surface area contributed by atoms with E-state index in [2.05, 4.69) is 11.7 Å². The summed E-state index contributed by atoms with van der Waals surface area (Å²) in [4.78, 5) is 10.2. The molecule has 0 saturated heterocycles. The lowest BCUT2D eigenvalue weighted by molar-refractivity contribution is -0.125. The van der Waals surface area contributed by atoms with Gasteiger partial charge in [0.05, 0.1) is 6.61 Å². The van der Waals surface area contributed by atoms with Crippen molar-refractivity contribution >= 4 is 6.16 Å². The Bertz CT molecular complexity index is 159. The van der Waals surface area contributed by atoms with Crippen molar-refractivity contribution in [2.24, 2.45) is 0 Å². The molecule has 0 aliphatic heterocycles. The van der Waals surface area contributed by atoms with Gasteiger partial charge in [0.1, 0.15) is 0 Å². The molecule has 0 aliphatic rings. The first kappa shape index (κ1) is 14.2. The zero-order valence-electron chi connectivity index (χ0n) is 9.66. The summed E-state index contributed by atoms with van der Waals surface area (Å²) >= 11 is 0. The molecule has 0 amide bonds. The smallest absolute Gasteiger partial charge is 0.402 e. The summed E-state index contributed by atoms with van der Waals surface area (Å²) in [6.45, 7) is 4.64. The van der Waals surface area contributed by atoms with E-state index in [1.165, 1.54) is 12.8 Å². The van der Waals surface area contributed by atoms with E-state index in [0.29, 0.717) is 13.0 Å². The van der Waals surface area contributed by atoms with Gasteiger partial charge < -0.3 is 9.47 Å². The summed E-state index contributed by atoms with van der Waals surface area (Å²) in [5.74, 6) is 0. The summed E-state index contributed by atoms with van der Waals surface area (Å²) in [6.07, 6.45) is 3.67. The average Bonchev–Trinajstić information content (AvgIpc) is 2.17. The first-order valence-corrected chi connectivity index (χ1v) is 5.69. The highest BCUT2D eigenvalue weighted by atomic mass is 16.8. The molecule has 1 atom stereocenters. The van der Waals surface area contributed by atoms with Crippen LogP contribution < -0.4 is 0 Å². The van der Waals surface area contributed by atoms with Gasteiger partial charge in [-0.2, -0.15) is 9.90 Å². The van der Waals surface area contributed by atoms with Crippen molar-refractivity contribution in [1.82, 2.24) is 0 Å². The second-order valence-corrected chi connectivity index (χ2v) is 3.52. The molecule has 0 aromatic rings. The van der Waals surface area contributed by atoms with Crippen LogP contribution in [0.5, 0.6) is 0 Å². The highest BCUT2D eigenvalue weighted by Crippen LogP contribution is 2.07. The average molecular weight is 217 g/mol. The van der Waals surface area contributed by atoms with Gasteiger partial charge in [-0.05, 0) is 6.42 Å². The van der Waals surface area contributed by atoms with Crippen LogP contribution in [-0.2, 0) is 14.6 Å². The van der Waals surface area contributed by atoms with E-state index in [0.717, 1.165) is 19.3 Å². The van der Waals surface area contributed by atoms with Gasteiger partial charge in [0.25, 0.3) is 0 Å². The Kier molecular flexibility index (Phi) is 9.27. The molecule has 0 bridgehead atoms.